The Kier molecular flexibility index (Phi) is 2.64. The monoisotopic (exact) mass is 255 g/mol. The molecule has 3 aromatic rings. The fraction of sp³-hybridized carbons (Fsp3) is 0.286. The van der Waals surface area contributed by atoms with Crippen LogP contribution in [0.3, 0.4) is 0 Å². The van der Waals surface area contributed by atoms with Crippen LogP contribution in [0.15, 0.2) is 24.3 Å². The van der Waals surface area contributed by atoms with Crippen LogP contribution >= 0.6 is 0 Å². The molecule has 0 aliphatic heterocycles. The van der Waals surface area contributed by atoms with Gasteiger partial charge in [-0.25, -0.2) is 9.67 Å². The average Bonchev–Trinajstić information content (AvgIpc) is 2.89. The average molecular weight is 255 g/mol. The van der Waals surface area contributed by atoms with Crippen LogP contribution in [0.2, 0.25) is 0 Å². The lowest BCUT2D eigenvalue weighted by Crippen LogP contribution is -2.08. The summed E-state index contributed by atoms with van der Waals surface area (Å²) >= 11 is 0. The van der Waals surface area contributed by atoms with Crippen molar-refractivity contribution >= 4 is 11.0 Å². The van der Waals surface area contributed by atoms with E-state index in [2.05, 4.69) is 15.1 Å². The number of fused-ring (bicyclic) bond motifs is 1. The van der Waals surface area contributed by atoms with E-state index in [1.165, 1.54) is 0 Å². The lowest BCUT2D eigenvalue weighted by atomic mass is 10.1. The number of rotatable bonds is 2. The lowest BCUT2D eigenvalue weighted by Gasteiger charge is -2.05. The molecule has 0 radical (unpaired) electrons. The summed E-state index contributed by atoms with van der Waals surface area (Å²) in [6.45, 7) is 5.97. The van der Waals surface area contributed by atoms with Gasteiger partial charge in [0.15, 0.2) is 0 Å². The van der Waals surface area contributed by atoms with Crippen molar-refractivity contribution in [3.8, 4) is 5.95 Å². The highest BCUT2D eigenvalue weighted by Crippen LogP contribution is 2.22. The summed E-state index contributed by atoms with van der Waals surface area (Å²) in [4.78, 5) is 7.84. The van der Waals surface area contributed by atoms with Crippen LogP contribution in [0.25, 0.3) is 17.0 Å². The van der Waals surface area contributed by atoms with E-state index in [0.717, 1.165) is 33.9 Å². The topological polar surface area (TPSA) is 72.5 Å². The van der Waals surface area contributed by atoms with E-state index in [9.17, 15) is 0 Å². The summed E-state index contributed by atoms with van der Waals surface area (Å²) in [6, 6.07) is 7.91. The Bertz CT molecular complexity index is 702. The van der Waals surface area contributed by atoms with Crippen molar-refractivity contribution in [2.45, 2.75) is 26.8 Å². The Hall–Kier alpha value is -2.14. The molecule has 1 atom stereocenters. The smallest absolute Gasteiger partial charge is 0.229 e. The summed E-state index contributed by atoms with van der Waals surface area (Å²) < 4.78 is 1.83. The first-order chi connectivity index (χ1) is 9.08. The molecule has 3 N–H and O–H groups in total. The summed E-state index contributed by atoms with van der Waals surface area (Å²) in [5, 5.41) is 4.54. The minimum absolute atomic E-state index is 0.0295. The summed E-state index contributed by atoms with van der Waals surface area (Å²) in [5.74, 6) is 0.730. The summed E-state index contributed by atoms with van der Waals surface area (Å²) in [5.41, 5.74) is 11.0. The van der Waals surface area contributed by atoms with Crippen molar-refractivity contribution in [3.05, 3.63) is 41.2 Å². The van der Waals surface area contributed by atoms with Crippen LogP contribution in [0.5, 0.6) is 0 Å². The molecule has 0 spiro atoms. The molecule has 0 saturated carbocycles. The third-order valence-corrected chi connectivity index (χ3v) is 3.38. The highest BCUT2D eigenvalue weighted by atomic mass is 15.4. The zero-order valence-electron chi connectivity index (χ0n) is 11.3. The second-order valence-electron chi connectivity index (χ2n) is 4.86. The van der Waals surface area contributed by atoms with Gasteiger partial charge in [0.05, 0.1) is 16.7 Å². The van der Waals surface area contributed by atoms with E-state index >= 15 is 0 Å². The largest absolute Gasteiger partial charge is 0.324 e. The number of nitrogens with zero attached hydrogens (tertiary/aromatic N) is 3. The van der Waals surface area contributed by atoms with E-state index in [4.69, 9.17) is 5.73 Å². The number of hydrogen-bond acceptors (Lipinski definition) is 3. The Labute approximate surface area is 111 Å². The third kappa shape index (κ3) is 1.82. The minimum atomic E-state index is -0.0295. The summed E-state index contributed by atoms with van der Waals surface area (Å²) in [6.07, 6.45) is 0. The molecule has 0 saturated heterocycles. The molecule has 5 heteroatoms. The highest BCUT2D eigenvalue weighted by molar-refractivity contribution is 5.75. The molecule has 1 unspecified atom stereocenters. The predicted molar refractivity (Wildman–Crippen MR) is 75.3 cm³/mol. The number of imidazole rings is 1. The molecule has 0 fully saturated rings. The van der Waals surface area contributed by atoms with Gasteiger partial charge < -0.3 is 10.7 Å². The van der Waals surface area contributed by atoms with Crippen LogP contribution in [0.1, 0.15) is 29.9 Å². The second kappa shape index (κ2) is 4.20. The first kappa shape index (κ1) is 11.9. The van der Waals surface area contributed by atoms with Crippen molar-refractivity contribution in [1.29, 1.82) is 0 Å². The Balaban J connectivity index is 2.19. The standard InChI is InChI=1S/C14H17N5/c1-8(15)13-9(2)18-19(10(13)3)14-16-11-6-4-5-7-12(11)17-14/h4-8H,15H2,1-3H3,(H,16,17). The number of nitrogens with one attached hydrogen (secondary N) is 1. The molecule has 0 aliphatic rings. The quantitative estimate of drug-likeness (QED) is 0.738. The Morgan fingerprint density at radius 2 is 2.00 bits per heavy atom. The third-order valence-electron chi connectivity index (χ3n) is 3.38. The minimum Gasteiger partial charge on any atom is -0.324 e. The predicted octanol–water partition coefficient (Wildman–Crippen LogP) is 2.39. The van der Waals surface area contributed by atoms with Gasteiger partial charge in [0.2, 0.25) is 5.95 Å². The van der Waals surface area contributed by atoms with Crippen LogP contribution in [-0.4, -0.2) is 19.7 Å². The molecule has 0 amide bonds. The normalized spacial score (nSPS) is 13.1. The van der Waals surface area contributed by atoms with E-state index in [-0.39, 0.29) is 6.04 Å². The number of para-hydroxylation sites is 2. The molecule has 19 heavy (non-hydrogen) atoms. The molecule has 0 bridgehead atoms. The number of hydrogen-bond donors (Lipinski definition) is 2. The van der Waals surface area contributed by atoms with Crippen LogP contribution in [0.4, 0.5) is 0 Å². The fourth-order valence-corrected chi connectivity index (χ4v) is 2.56. The van der Waals surface area contributed by atoms with Crippen molar-refractivity contribution in [3.63, 3.8) is 0 Å². The maximum absolute atomic E-state index is 6.00. The maximum atomic E-state index is 6.00. The molecular formula is C14H17N5. The first-order valence-corrected chi connectivity index (χ1v) is 6.34. The number of benzene rings is 1. The van der Waals surface area contributed by atoms with E-state index < -0.39 is 0 Å². The molecule has 0 aliphatic carbocycles. The second-order valence-corrected chi connectivity index (χ2v) is 4.86. The van der Waals surface area contributed by atoms with Crippen LogP contribution in [0, 0.1) is 13.8 Å². The zero-order chi connectivity index (χ0) is 13.6. The zero-order valence-corrected chi connectivity index (χ0v) is 11.3. The SMILES string of the molecule is Cc1nn(-c2nc3ccccc3[nH]2)c(C)c1C(C)N. The van der Waals surface area contributed by atoms with Gasteiger partial charge in [0.1, 0.15) is 0 Å². The van der Waals surface area contributed by atoms with E-state index in [0.29, 0.717) is 0 Å². The van der Waals surface area contributed by atoms with Gasteiger partial charge in [-0.3, -0.25) is 0 Å². The fourth-order valence-electron chi connectivity index (χ4n) is 2.56. The highest BCUT2D eigenvalue weighted by Gasteiger charge is 2.17. The van der Waals surface area contributed by atoms with E-state index in [1.54, 1.807) is 0 Å². The Morgan fingerprint density at radius 3 is 2.63 bits per heavy atom. The summed E-state index contributed by atoms with van der Waals surface area (Å²) in [7, 11) is 0. The van der Waals surface area contributed by atoms with Gasteiger partial charge >= 0.3 is 0 Å². The van der Waals surface area contributed by atoms with Gasteiger partial charge in [-0.1, -0.05) is 12.1 Å². The van der Waals surface area contributed by atoms with Crippen LogP contribution in [-0.2, 0) is 0 Å². The first-order valence-electron chi connectivity index (χ1n) is 6.34. The van der Waals surface area contributed by atoms with Gasteiger partial charge in [0, 0.05) is 17.3 Å². The van der Waals surface area contributed by atoms with Crippen molar-refractivity contribution in [1.82, 2.24) is 19.7 Å². The molecule has 2 aromatic heterocycles. The maximum Gasteiger partial charge on any atom is 0.229 e. The van der Waals surface area contributed by atoms with Crippen molar-refractivity contribution in [2.75, 3.05) is 0 Å². The van der Waals surface area contributed by atoms with Gasteiger partial charge in [-0.15, -0.1) is 0 Å². The Morgan fingerprint density at radius 1 is 1.26 bits per heavy atom. The van der Waals surface area contributed by atoms with E-state index in [1.807, 2.05) is 49.7 Å². The van der Waals surface area contributed by atoms with Gasteiger partial charge in [0.25, 0.3) is 0 Å². The number of H-pyrrole nitrogens is 1. The molecule has 1 aromatic carbocycles. The van der Waals surface area contributed by atoms with Crippen molar-refractivity contribution in [2.24, 2.45) is 5.73 Å². The van der Waals surface area contributed by atoms with Gasteiger partial charge in [-0.05, 0) is 32.9 Å². The van der Waals surface area contributed by atoms with Crippen molar-refractivity contribution < 1.29 is 0 Å². The molecular weight excluding hydrogens is 238 g/mol. The number of aryl methyl sites for hydroxylation is 1. The van der Waals surface area contributed by atoms with Gasteiger partial charge in [-0.2, -0.15) is 5.10 Å². The number of aromatic amines is 1. The molecule has 98 valence electrons. The lowest BCUT2D eigenvalue weighted by molar-refractivity contribution is 0.778. The molecule has 5 nitrogen and oxygen atoms in total. The number of aromatic nitrogens is 4. The molecule has 2 heterocycles. The molecule has 3 rings (SSSR count). The van der Waals surface area contributed by atoms with Crippen LogP contribution < -0.4 is 5.73 Å². The number of nitrogens with two attached hydrogens (primary N) is 1.